The van der Waals surface area contributed by atoms with Crippen LogP contribution in [0.15, 0.2) is 17.4 Å². The molecule has 0 spiro atoms. The van der Waals surface area contributed by atoms with Crippen molar-refractivity contribution in [3.63, 3.8) is 0 Å². The Kier molecular flexibility index (Phi) is 6.05. The quantitative estimate of drug-likeness (QED) is 0.664. The van der Waals surface area contributed by atoms with Crippen LogP contribution in [-0.4, -0.2) is 28.2 Å². The minimum absolute atomic E-state index is 0.0219. The van der Waals surface area contributed by atoms with Gasteiger partial charge in [-0.2, -0.15) is 13.2 Å². The van der Waals surface area contributed by atoms with Gasteiger partial charge in [-0.1, -0.05) is 31.0 Å². The number of amides is 1. The van der Waals surface area contributed by atoms with Gasteiger partial charge in [0.2, 0.25) is 5.91 Å². The number of alkyl halides is 3. The fourth-order valence-corrected chi connectivity index (χ4v) is 3.06. The number of halogens is 3. The Hall–Kier alpha value is -1.31. The van der Waals surface area contributed by atoms with Crippen LogP contribution in [-0.2, 0) is 11.0 Å². The molecule has 1 aliphatic carbocycles. The van der Waals surface area contributed by atoms with Gasteiger partial charge in [-0.15, -0.1) is 0 Å². The maximum absolute atomic E-state index is 12.5. The van der Waals surface area contributed by atoms with Gasteiger partial charge in [0.15, 0.2) is 5.16 Å². The van der Waals surface area contributed by atoms with E-state index in [2.05, 4.69) is 15.3 Å². The molecule has 1 fully saturated rings. The van der Waals surface area contributed by atoms with E-state index < -0.39 is 11.9 Å². The molecule has 1 heterocycles. The van der Waals surface area contributed by atoms with Crippen molar-refractivity contribution in [2.75, 3.05) is 12.3 Å². The Balaban J connectivity index is 1.76. The summed E-state index contributed by atoms with van der Waals surface area (Å²) in [5, 5.41) is 2.79. The molecule has 1 aromatic heterocycles. The molecule has 0 aliphatic heterocycles. The summed E-state index contributed by atoms with van der Waals surface area (Å²) in [6, 6.07) is 0.813. The first-order chi connectivity index (χ1) is 10.4. The monoisotopic (exact) mass is 333 g/mol. The first-order valence-electron chi connectivity index (χ1n) is 7.25. The van der Waals surface area contributed by atoms with E-state index in [1.807, 2.05) is 0 Å². The third kappa shape index (κ3) is 5.47. The number of hydrogen-bond donors (Lipinski definition) is 1. The Morgan fingerprint density at radius 1 is 1.32 bits per heavy atom. The lowest BCUT2D eigenvalue weighted by Crippen LogP contribution is -2.31. The van der Waals surface area contributed by atoms with Crippen LogP contribution in [0.25, 0.3) is 0 Å². The van der Waals surface area contributed by atoms with E-state index in [-0.39, 0.29) is 16.8 Å². The molecule has 22 heavy (non-hydrogen) atoms. The number of carbonyl (C=O) groups is 1. The summed E-state index contributed by atoms with van der Waals surface area (Å²) in [7, 11) is 0. The largest absolute Gasteiger partial charge is 0.433 e. The zero-order valence-electron chi connectivity index (χ0n) is 12.0. The number of nitrogens with zero attached hydrogens (tertiary/aromatic N) is 2. The van der Waals surface area contributed by atoms with Crippen LogP contribution < -0.4 is 5.32 Å². The predicted octanol–water partition coefficient (Wildman–Crippen LogP) is 3.28. The number of hydrogen-bond acceptors (Lipinski definition) is 4. The molecular weight excluding hydrogens is 315 g/mol. The van der Waals surface area contributed by atoms with Crippen molar-refractivity contribution in [2.24, 2.45) is 5.92 Å². The van der Waals surface area contributed by atoms with Crippen LogP contribution in [0.2, 0.25) is 0 Å². The number of aromatic nitrogens is 2. The highest BCUT2D eigenvalue weighted by atomic mass is 32.2. The van der Waals surface area contributed by atoms with Crippen LogP contribution in [0.4, 0.5) is 13.2 Å². The molecule has 1 amide bonds. The summed E-state index contributed by atoms with van der Waals surface area (Å²) in [5.74, 6) is 0.345. The predicted molar refractivity (Wildman–Crippen MR) is 77.3 cm³/mol. The molecular formula is C14H18F3N3OS. The first-order valence-corrected chi connectivity index (χ1v) is 8.23. The Morgan fingerprint density at radius 3 is 2.73 bits per heavy atom. The van der Waals surface area contributed by atoms with Crippen LogP contribution in [0.5, 0.6) is 0 Å². The van der Waals surface area contributed by atoms with Gasteiger partial charge in [-0.25, -0.2) is 9.97 Å². The Labute approximate surface area is 131 Å². The summed E-state index contributed by atoms with van der Waals surface area (Å²) >= 11 is 0.911. The summed E-state index contributed by atoms with van der Waals surface area (Å²) in [4.78, 5) is 18.9. The highest BCUT2D eigenvalue weighted by molar-refractivity contribution is 7.99. The summed E-state index contributed by atoms with van der Waals surface area (Å²) in [6.07, 6.45) is 2.47. The van der Waals surface area contributed by atoms with Crippen molar-refractivity contribution in [2.45, 2.75) is 43.4 Å². The molecule has 1 aromatic rings. The molecule has 8 heteroatoms. The minimum Gasteiger partial charge on any atom is -0.355 e. The van der Waals surface area contributed by atoms with Crippen LogP contribution >= 0.6 is 11.8 Å². The van der Waals surface area contributed by atoms with E-state index in [0.717, 1.165) is 36.9 Å². The number of nitrogens with one attached hydrogen (secondary N) is 1. The molecule has 1 N–H and O–H groups in total. The summed E-state index contributed by atoms with van der Waals surface area (Å²) in [6.45, 7) is 0.642. The SMILES string of the molecule is O=C(CSc1nccc(C(F)(F)F)n1)NCC1CCCCC1. The molecule has 1 saturated carbocycles. The molecule has 0 radical (unpaired) electrons. The lowest BCUT2D eigenvalue weighted by molar-refractivity contribution is -0.141. The van der Waals surface area contributed by atoms with Gasteiger partial charge in [-0.05, 0) is 24.8 Å². The molecule has 0 aromatic carbocycles. The topological polar surface area (TPSA) is 54.9 Å². The fourth-order valence-electron chi connectivity index (χ4n) is 2.40. The molecule has 4 nitrogen and oxygen atoms in total. The normalized spacial score (nSPS) is 16.5. The van der Waals surface area contributed by atoms with E-state index in [0.29, 0.717) is 12.5 Å². The Bertz CT molecular complexity index is 504. The highest BCUT2D eigenvalue weighted by Crippen LogP contribution is 2.28. The van der Waals surface area contributed by atoms with Crippen molar-refractivity contribution >= 4 is 17.7 Å². The van der Waals surface area contributed by atoms with Crippen LogP contribution in [0.3, 0.4) is 0 Å². The van der Waals surface area contributed by atoms with Gasteiger partial charge >= 0.3 is 6.18 Å². The second-order valence-corrected chi connectivity index (χ2v) is 6.26. The molecule has 0 saturated heterocycles. The zero-order chi connectivity index (χ0) is 16.0. The number of carbonyl (C=O) groups excluding carboxylic acids is 1. The highest BCUT2D eigenvalue weighted by Gasteiger charge is 2.32. The van der Waals surface area contributed by atoms with Gasteiger partial charge in [0, 0.05) is 12.7 Å². The molecule has 0 unspecified atom stereocenters. The molecule has 122 valence electrons. The molecule has 2 rings (SSSR count). The maximum Gasteiger partial charge on any atom is 0.433 e. The number of thioether (sulfide) groups is 1. The van der Waals surface area contributed by atoms with Crippen molar-refractivity contribution < 1.29 is 18.0 Å². The second-order valence-electron chi connectivity index (χ2n) is 5.32. The average Bonchev–Trinajstić information content (AvgIpc) is 2.51. The van der Waals surface area contributed by atoms with Gasteiger partial charge in [0.05, 0.1) is 5.75 Å². The third-order valence-corrected chi connectivity index (χ3v) is 4.43. The van der Waals surface area contributed by atoms with Crippen molar-refractivity contribution in [3.8, 4) is 0 Å². The molecule has 0 bridgehead atoms. The van der Waals surface area contributed by atoms with Gasteiger partial charge in [0.1, 0.15) is 5.69 Å². The van der Waals surface area contributed by atoms with Crippen molar-refractivity contribution in [1.82, 2.24) is 15.3 Å². The summed E-state index contributed by atoms with van der Waals surface area (Å²) < 4.78 is 37.5. The van der Waals surface area contributed by atoms with E-state index >= 15 is 0 Å². The Morgan fingerprint density at radius 2 is 2.05 bits per heavy atom. The third-order valence-electron chi connectivity index (χ3n) is 3.57. The van der Waals surface area contributed by atoms with Crippen molar-refractivity contribution in [1.29, 1.82) is 0 Å². The van der Waals surface area contributed by atoms with E-state index in [9.17, 15) is 18.0 Å². The van der Waals surface area contributed by atoms with Crippen LogP contribution in [0.1, 0.15) is 37.8 Å². The van der Waals surface area contributed by atoms with Gasteiger partial charge in [0.25, 0.3) is 0 Å². The lowest BCUT2D eigenvalue weighted by Gasteiger charge is -2.21. The minimum atomic E-state index is -4.50. The fraction of sp³-hybridized carbons (Fsp3) is 0.643. The van der Waals surface area contributed by atoms with Crippen LogP contribution in [0, 0.1) is 5.92 Å². The van der Waals surface area contributed by atoms with E-state index in [1.165, 1.54) is 19.3 Å². The van der Waals surface area contributed by atoms with Crippen molar-refractivity contribution in [3.05, 3.63) is 18.0 Å². The van der Waals surface area contributed by atoms with E-state index in [1.54, 1.807) is 0 Å². The standard InChI is InChI=1S/C14H18F3N3OS/c15-14(16,17)11-6-7-18-13(20-11)22-9-12(21)19-8-10-4-2-1-3-5-10/h6-7,10H,1-5,8-9H2,(H,19,21). The van der Waals surface area contributed by atoms with E-state index in [4.69, 9.17) is 0 Å². The lowest BCUT2D eigenvalue weighted by atomic mass is 9.89. The average molecular weight is 333 g/mol. The summed E-state index contributed by atoms with van der Waals surface area (Å²) in [5.41, 5.74) is -0.993. The maximum atomic E-state index is 12.5. The molecule has 1 aliphatic rings. The zero-order valence-corrected chi connectivity index (χ0v) is 12.8. The molecule has 0 atom stereocenters. The smallest absolute Gasteiger partial charge is 0.355 e. The van der Waals surface area contributed by atoms with Gasteiger partial charge in [-0.3, -0.25) is 4.79 Å². The second kappa shape index (κ2) is 7.80. The number of rotatable bonds is 5. The van der Waals surface area contributed by atoms with Gasteiger partial charge < -0.3 is 5.32 Å². The first kappa shape index (κ1) is 17.1.